The van der Waals surface area contributed by atoms with Crippen molar-refractivity contribution in [2.75, 3.05) is 5.32 Å². The van der Waals surface area contributed by atoms with Crippen LogP contribution >= 0.6 is 0 Å². The summed E-state index contributed by atoms with van der Waals surface area (Å²) in [6, 6.07) is 5.97. The Kier molecular flexibility index (Phi) is 5.45. The SMILES string of the molecule is CC(=O)Nc1ccc(C(=O)O)cc1.[NaH]. The van der Waals surface area contributed by atoms with Gasteiger partial charge in [0.05, 0.1) is 5.56 Å². The Labute approximate surface area is 104 Å². The fraction of sp³-hybridized carbons (Fsp3) is 0.111. The molecule has 0 aliphatic carbocycles. The molecule has 4 nitrogen and oxygen atoms in total. The number of rotatable bonds is 2. The Morgan fingerprint density at radius 3 is 2.07 bits per heavy atom. The average molecular weight is 203 g/mol. The van der Waals surface area contributed by atoms with Crippen molar-refractivity contribution in [1.29, 1.82) is 0 Å². The van der Waals surface area contributed by atoms with Crippen LogP contribution in [0.15, 0.2) is 24.3 Å². The number of amides is 1. The summed E-state index contributed by atoms with van der Waals surface area (Å²) in [5.74, 6) is -1.16. The van der Waals surface area contributed by atoms with Gasteiger partial charge in [-0.25, -0.2) is 4.79 Å². The molecule has 0 aliphatic rings. The molecule has 1 aromatic rings. The molecule has 0 saturated heterocycles. The average Bonchev–Trinajstić information content (AvgIpc) is 2.04. The Bertz CT molecular complexity index is 334. The molecule has 0 aliphatic heterocycles. The number of carboxylic acids is 1. The van der Waals surface area contributed by atoms with Crippen molar-refractivity contribution in [1.82, 2.24) is 0 Å². The zero-order chi connectivity index (χ0) is 9.84. The van der Waals surface area contributed by atoms with Crippen LogP contribution in [0, 0.1) is 0 Å². The summed E-state index contributed by atoms with van der Waals surface area (Å²) in [6.07, 6.45) is 0. The van der Waals surface area contributed by atoms with Crippen molar-refractivity contribution in [3.8, 4) is 0 Å². The molecular weight excluding hydrogens is 193 g/mol. The van der Waals surface area contributed by atoms with Crippen LogP contribution in [0.25, 0.3) is 0 Å². The Morgan fingerprint density at radius 2 is 1.71 bits per heavy atom. The number of carbonyl (C=O) groups is 2. The molecule has 1 amide bonds. The first-order valence-corrected chi connectivity index (χ1v) is 3.70. The van der Waals surface area contributed by atoms with Gasteiger partial charge in [-0.05, 0) is 24.3 Å². The number of hydrogen-bond donors (Lipinski definition) is 2. The normalized spacial score (nSPS) is 8.64. The molecule has 5 heteroatoms. The molecule has 0 unspecified atom stereocenters. The molecule has 0 spiro atoms. The van der Waals surface area contributed by atoms with E-state index in [4.69, 9.17) is 5.11 Å². The second-order valence-corrected chi connectivity index (χ2v) is 2.56. The van der Waals surface area contributed by atoms with Gasteiger partial charge in [-0.3, -0.25) is 4.79 Å². The number of carboxylic acid groups (broad SMARTS) is 1. The summed E-state index contributed by atoms with van der Waals surface area (Å²) in [6.45, 7) is 1.39. The number of nitrogens with one attached hydrogen (secondary N) is 1. The van der Waals surface area contributed by atoms with Gasteiger partial charge in [0.15, 0.2) is 0 Å². The third-order valence-corrected chi connectivity index (χ3v) is 1.45. The molecule has 14 heavy (non-hydrogen) atoms. The quantitative estimate of drug-likeness (QED) is 0.695. The van der Waals surface area contributed by atoms with Crippen molar-refractivity contribution in [2.45, 2.75) is 6.92 Å². The van der Waals surface area contributed by atoms with Crippen molar-refractivity contribution >= 4 is 47.1 Å². The van der Waals surface area contributed by atoms with E-state index in [9.17, 15) is 9.59 Å². The van der Waals surface area contributed by atoms with Crippen LogP contribution in [0.4, 0.5) is 5.69 Å². The van der Waals surface area contributed by atoms with Crippen LogP contribution in [0.1, 0.15) is 17.3 Å². The van der Waals surface area contributed by atoms with Crippen LogP contribution < -0.4 is 5.32 Å². The van der Waals surface area contributed by atoms with E-state index in [0.29, 0.717) is 5.69 Å². The van der Waals surface area contributed by atoms with E-state index in [1.807, 2.05) is 0 Å². The summed E-state index contributed by atoms with van der Waals surface area (Å²) in [5.41, 5.74) is 0.798. The molecule has 0 aromatic heterocycles. The summed E-state index contributed by atoms with van der Waals surface area (Å²) >= 11 is 0. The third-order valence-electron chi connectivity index (χ3n) is 1.45. The van der Waals surface area contributed by atoms with Gasteiger partial charge in [0.2, 0.25) is 5.91 Å². The maximum atomic E-state index is 10.6. The number of anilines is 1. The van der Waals surface area contributed by atoms with Gasteiger partial charge in [-0.1, -0.05) is 0 Å². The fourth-order valence-corrected chi connectivity index (χ4v) is 0.899. The first kappa shape index (κ1) is 13.2. The zero-order valence-corrected chi connectivity index (χ0v) is 7.07. The minimum atomic E-state index is -0.977. The molecule has 2 N–H and O–H groups in total. The summed E-state index contributed by atoms with van der Waals surface area (Å²) in [5, 5.41) is 11.1. The van der Waals surface area contributed by atoms with E-state index in [1.165, 1.54) is 19.1 Å². The summed E-state index contributed by atoms with van der Waals surface area (Å²) < 4.78 is 0. The zero-order valence-electron chi connectivity index (χ0n) is 7.07. The Morgan fingerprint density at radius 1 is 1.21 bits per heavy atom. The van der Waals surface area contributed by atoms with Gasteiger partial charge < -0.3 is 10.4 Å². The monoisotopic (exact) mass is 203 g/mol. The van der Waals surface area contributed by atoms with Gasteiger partial charge >= 0.3 is 35.5 Å². The van der Waals surface area contributed by atoms with Crippen molar-refractivity contribution in [2.24, 2.45) is 0 Å². The van der Waals surface area contributed by atoms with Gasteiger partial charge in [0, 0.05) is 12.6 Å². The van der Waals surface area contributed by atoms with Crippen LogP contribution in [-0.2, 0) is 4.79 Å². The Hall–Kier alpha value is -0.840. The predicted octanol–water partition coefficient (Wildman–Crippen LogP) is 0.695. The van der Waals surface area contributed by atoms with E-state index in [2.05, 4.69) is 5.32 Å². The van der Waals surface area contributed by atoms with E-state index < -0.39 is 5.97 Å². The second-order valence-electron chi connectivity index (χ2n) is 2.56. The van der Waals surface area contributed by atoms with E-state index in [1.54, 1.807) is 12.1 Å². The molecule has 0 saturated carbocycles. The van der Waals surface area contributed by atoms with Gasteiger partial charge in [0.1, 0.15) is 0 Å². The van der Waals surface area contributed by atoms with Crippen LogP contribution in [-0.4, -0.2) is 46.5 Å². The molecule has 0 heterocycles. The Balaban J connectivity index is 0.00000169. The maximum absolute atomic E-state index is 10.6. The molecule has 1 aromatic carbocycles. The minimum absolute atomic E-state index is 0. The van der Waals surface area contributed by atoms with Gasteiger partial charge in [-0.2, -0.15) is 0 Å². The molecule has 0 fully saturated rings. The predicted molar refractivity (Wildman–Crippen MR) is 54.9 cm³/mol. The standard InChI is InChI=1S/C9H9NO3.Na.H/c1-6(11)10-8-4-2-7(3-5-8)9(12)13;;/h2-5H,1H3,(H,10,11)(H,12,13);;. The van der Waals surface area contributed by atoms with Crippen LogP contribution in [0.2, 0.25) is 0 Å². The molecule has 70 valence electrons. The second kappa shape index (κ2) is 5.80. The van der Waals surface area contributed by atoms with Crippen LogP contribution in [0.5, 0.6) is 0 Å². The molecule has 0 bridgehead atoms. The van der Waals surface area contributed by atoms with E-state index in [-0.39, 0.29) is 41.0 Å². The van der Waals surface area contributed by atoms with Crippen molar-refractivity contribution < 1.29 is 14.7 Å². The first-order chi connectivity index (χ1) is 6.09. The number of aromatic carboxylic acids is 1. The van der Waals surface area contributed by atoms with E-state index in [0.717, 1.165) is 0 Å². The van der Waals surface area contributed by atoms with Gasteiger partial charge in [0.25, 0.3) is 0 Å². The number of hydrogen-bond acceptors (Lipinski definition) is 2. The topological polar surface area (TPSA) is 66.4 Å². The summed E-state index contributed by atoms with van der Waals surface area (Å²) in [4.78, 5) is 21.1. The van der Waals surface area contributed by atoms with Crippen molar-refractivity contribution in [3.63, 3.8) is 0 Å². The molecular formula is C9H10NNaO3. The fourth-order valence-electron chi connectivity index (χ4n) is 0.899. The first-order valence-electron chi connectivity index (χ1n) is 3.70. The molecule has 1 rings (SSSR count). The van der Waals surface area contributed by atoms with Gasteiger partial charge in [-0.15, -0.1) is 0 Å². The molecule has 0 radical (unpaired) electrons. The number of carbonyl (C=O) groups excluding carboxylic acids is 1. The number of benzene rings is 1. The third kappa shape index (κ3) is 3.91. The van der Waals surface area contributed by atoms with Crippen molar-refractivity contribution in [3.05, 3.63) is 29.8 Å². The molecule has 0 atom stereocenters. The van der Waals surface area contributed by atoms with E-state index >= 15 is 0 Å². The van der Waals surface area contributed by atoms with Crippen LogP contribution in [0.3, 0.4) is 0 Å². The summed E-state index contributed by atoms with van der Waals surface area (Å²) in [7, 11) is 0.